The first-order valence-corrected chi connectivity index (χ1v) is 7.70. The smallest absolute Gasteiger partial charge is 0.338 e. The number of carbonyl (C=O) groups excluding carboxylic acids is 1. The van der Waals surface area contributed by atoms with Crippen molar-refractivity contribution in [3.63, 3.8) is 0 Å². The highest BCUT2D eigenvalue weighted by atomic mass is 16.5. The van der Waals surface area contributed by atoms with Crippen LogP contribution in [0.2, 0.25) is 0 Å². The molecule has 2 aromatic heterocycles. The number of hydrogen-bond acceptors (Lipinski definition) is 4. The van der Waals surface area contributed by atoms with E-state index < -0.39 is 5.97 Å². The zero-order valence-corrected chi connectivity index (χ0v) is 13.0. The van der Waals surface area contributed by atoms with Crippen molar-refractivity contribution in [2.45, 2.75) is 6.92 Å². The average Bonchev–Trinajstić information content (AvgIpc) is 2.62. The second-order valence-electron chi connectivity index (χ2n) is 5.47. The number of carbonyl (C=O) groups is 1. The number of nitrogens with zero attached hydrogens (tertiary/aromatic N) is 2. The fourth-order valence-electron chi connectivity index (χ4n) is 2.87. The summed E-state index contributed by atoms with van der Waals surface area (Å²) in [6.07, 6.45) is 1.71. The van der Waals surface area contributed by atoms with Crippen LogP contribution in [0.1, 0.15) is 17.3 Å². The normalized spacial score (nSPS) is 11.2. The van der Waals surface area contributed by atoms with Crippen molar-refractivity contribution < 1.29 is 9.53 Å². The molecular formula is C19H14N2O3. The van der Waals surface area contributed by atoms with Crippen LogP contribution in [0.5, 0.6) is 0 Å². The molecule has 5 heteroatoms. The third-order valence-corrected chi connectivity index (χ3v) is 4.02. The molecule has 0 saturated carbocycles. The van der Waals surface area contributed by atoms with E-state index in [1.807, 2.05) is 30.3 Å². The van der Waals surface area contributed by atoms with Gasteiger partial charge in [0.25, 0.3) is 5.56 Å². The van der Waals surface area contributed by atoms with E-state index in [0.29, 0.717) is 22.1 Å². The molecule has 0 bridgehead atoms. The molecule has 0 fully saturated rings. The maximum atomic E-state index is 12.8. The van der Waals surface area contributed by atoms with Gasteiger partial charge in [0.1, 0.15) is 5.65 Å². The molecule has 4 aromatic rings. The van der Waals surface area contributed by atoms with Crippen molar-refractivity contribution in [2.75, 3.05) is 6.61 Å². The Balaban J connectivity index is 2.06. The molecule has 0 spiro atoms. The first-order valence-electron chi connectivity index (χ1n) is 7.70. The molecule has 0 unspecified atom stereocenters. The summed E-state index contributed by atoms with van der Waals surface area (Å²) in [5, 5.41) is 2.33. The summed E-state index contributed by atoms with van der Waals surface area (Å²) in [4.78, 5) is 29.3. The molecule has 2 aromatic carbocycles. The van der Waals surface area contributed by atoms with Gasteiger partial charge in [-0.1, -0.05) is 24.3 Å². The fourth-order valence-corrected chi connectivity index (χ4v) is 2.87. The minimum atomic E-state index is -0.442. The Hall–Kier alpha value is -3.21. The zero-order chi connectivity index (χ0) is 16.7. The molecule has 5 nitrogen and oxygen atoms in total. The lowest BCUT2D eigenvalue weighted by Gasteiger charge is -2.07. The van der Waals surface area contributed by atoms with Gasteiger partial charge < -0.3 is 4.74 Å². The van der Waals surface area contributed by atoms with E-state index in [9.17, 15) is 9.59 Å². The lowest BCUT2D eigenvalue weighted by Crippen LogP contribution is -2.16. The number of benzene rings is 2. The molecule has 0 aliphatic heterocycles. The van der Waals surface area contributed by atoms with Gasteiger partial charge in [-0.05, 0) is 36.6 Å². The van der Waals surface area contributed by atoms with Gasteiger partial charge in [0, 0.05) is 11.6 Å². The van der Waals surface area contributed by atoms with Gasteiger partial charge in [0.05, 0.1) is 23.1 Å². The second-order valence-corrected chi connectivity index (χ2v) is 5.47. The Morgan fingerprint density at radius 2 is 1.96 bits per heavy atom. The lowest BCUT2D eigenvalue weighted by molar-refractivity contribution is 0.0526. The molecule has 24 heavy (non-hydrogen) atoms. The predicted molar refractivity (Wildman–Crippen MR) is 92.4 cm³/mol. The minimum absolute atomic E-state index is 0.202. The quantitative estimate of drug-likeness (QED) is 0.323. The van der Waals surface area contributed by atoms with Crippen molar-refractivity contribution in [1.29, 1.82) is 0 Å². The van der Waals surface area contributed by atoms with Crippen LogP contribution >= 0.6 is 0 Å². The Morgan fingerprint density at radius 3 is 2.79 bits per heavy atom. The molecule has 0 radical (unpaired) electrons. The van der Waals surface area contributed by atoms with Crippen LogP contribution in [0.15, 0.2) is 59.5 Å². The molecule has 4 rings (SSSR count). The highest BCUT2D eigenvalue weighted by Gasteiger charge is 2.12. The van der Waals surface area contributed by atoms with E-state index >= 15 is 0 Å². The van der Waals surface area contributed by atoms with Crippen LogP contribution in [-0.4, -0.2) is 22.0 Å². The van der Waals surface area contributed by atoms with Crippen LogP contribution < -0.4 is 5.56 Å². The Kier molecular flexibility index (Phi) is 3.27. The van der Waals surface area contributed by atoms with Crippen molar-refractivity contribution in [1.82, 2.24) is 9.38 Å². The SMILES string of the molecule is CCOC(=O)c1ccc2nc3c4ccccc4ccn3c(=O)c2c1. The Bertz CT molecular complexity index is 1160. The highest BCUT2D eigenvalue weighted by Crippen LogP contribution is 2.20. The van der Waals surface area contributed by atoms with E-state index in [4.69, 9.17) is 4.74 Å². The summed E-state index contributed by atoms with van der Waals surface area (Å²) in [6, 6.07) is 14.5. The summed E-state index contributed by atoms with van der Waals surface area (Å²) in [5.74, 6) is -0.442. The number of pyridine rings is 1. The molecule has 0 saturated heterocycles. The Morgan fingerprint density at radius 1 is 1.12 bits per heavy atom. The maximum absolute atomic E-state index is 12.8. The van der Waals surface area contributed by atoms with E-state index in [2.05, 4.69) is 4.98 Å². The molecule has 0 aliphatic rings. The number of ether oxygens (including phenoxy) is 1. The largest absolute Gasteiger partial charge is 0.462 e. The van der Waals surface area contributed by atoms with Gasteiger partial charge in [0.15, 0.2) is 0 Å². The van der Waals surface area contributed by atoms with Crippen molar-refractivity contribution >= 4 is 33.3 Å². The van der Waals surface area contributed by atoms with Crippen LogP contribution in [0.25, 0.3) is 27.3 Å². The van der Waals surface area contributed by atoms with Crippen molar-refractivity contribution in [2.24, 2.45) is 0 Å². The molecule has 2 heterocycles. The van der Waals surface area contributed by atoms with Crippen LogP contribution in [0.4, 0.5) is 0 Å². The first-order chi connectivity index (χ1) is 11.7. The van der Waals surface area contributed by atoms with Gasteiger partial charge in [-0.15, -0.1) is 0 Å². The van der Waals surface area contributed by atoms with Gasteiger partial charge in [-0.25, -0.2) is 9.78 Å². The number of hydrogen-bond donors (Lipinski definition) is 0. The van der Waals surface area contributed by atoms with Gasteiger partial charge in [0.2, 0.25) is 0 Å². The summed E-state index contributed by atoms with van der Waals surface area (Å²) in [5.41, 5.74) is 1.31. The maximum Gasteiger partial charge on any atom is 0.338 e. The summed E-state index contributed by atoms with van der Waals surface area (Å²) >= 11 is 0. The van der Waals surface area contributed by atoms with E-state index in [1.165, 1.54) is 4.40 Å². The summed E-state index contributed by atoms with van der Waals surface area (Å²) in [6.45, 7) is 2.03. The average molecular weight is 318 g/mol. The molecule has 0 atom stereocenters. The Labute approximate surface area is 137 Å². The van der Waals surface area contributed by atoms with Crippen LogP contribution in [0, 0.1) is 0 Å². The van der Waals surface area contributed by atoms with Gasteiger partial charge in [-0.3, -0.25) is 9.20 Å². The molecule has 0 N–H and O–H groups in total. The number of esters is 1. The van der Waals surface area contributed by atoms with Crippen molar-refractivity contribution in [3.05, 3.63) is 70.6 Å². The minimum Gasteiger partial charge on any atom is -0.462 e. The van der Waals surface area contributed by atoms with E-state index in [-0.39, 0.29) is 12.2 Å². The van der Waals surface area contributed by atoms with E-state index in [0.717, 1.165) is 10.8 Å². The fraction of sp³-hybridized carbons (Fsp3) is 0.105. The van der Waals surface area contributed by atoms with Crippen LogP contribution in [-0.2, 0) is 4.74 Å². The lowest BCUT2D eigenvalue weighted by atomic mass is 10.1. The number of fused-ring (bicyclic) bond motifs is 4. The summed E-state index contributed by atoms with van der Waals surface area (Å²) in [7, 11) is 0. The van der Waals surface area contributed by atoms with Crippen molar-refractivity contribution in [3.8, 4) is 0 Å². The number of aromatic nitrogens is 2. The summed E-state index contributed by atoms with van der Waals surface area (Å²) < 4.78 is 6.51. The third-order valence-electron chi connectivity index (χ3n) is 4.02. The second kappa shape index (κ2) is 5.45. The van der Waals surface area contributed by atoms with Gasteiger partial charge >= 0.3 is 5.97 Å². The standard InChI is InChI=1S/C19H14N2O3/c1-2-24-19(23)13-7-8-16-15(11-13)18(22)21-10-9-12-5-3-4-6-14(12)17(21)20-16/h3-11H,2H2,1H3. The predicted octanol–water partition coefficient (Wildman–Crippen LogP) is 3.18. The first kappa shape index (κ1) is 14.4. The topological polar surface area (TPSA) is 60.7 Å². The highest BCUT2D eigenvalue weighted by molar-refractivity contribution is 5.98. The molecule has 0 aliphatic carbocycles. The van der Waals surface area contributed by atoms with Gasteiger partial charge in [-0.2, -0.15) is 0 Å². The third kappa shape index (κ3) is 2.13. The molecule has 118 valence electrons. The molecule has 0 amide bonds. The number of rotatable bonds is 2. The molecular weight excluding hydrogens is 304 g/mol. The zero-order valence-electron chi connectivity index (χ0n) is 13.0. The monoisotopic (exact) mass is 318 g/mol. The van der Waals surface area contributed by atoms with E-state index in [1.54, 1.807) is 31.3 Å². The van der Waals surface area contributed by atoms with Crippen LogP contribution in [0.3, 0.4) is 0 Å².